The fourth-order valence-electron chi connectivity index (χ4n) is 3.71. The topological polar surface area (TPSA) is 103 Å². The number of nitrogens with zero attached hydrogens (tertiary/aromatic N) is 3. The smallest absolute Gasteiger partial charge is 0.293 e. The number of dihydropyridines is 2. The number of rotatable bonds is 7. The number of carbonyl (C=O) groups excluding carboxylic acids is 2. The number of amides is 2. The number of likely N-dealkylation sites (N-methyl/N-ethyl adjacent to an activating group) is 1. The van der Waals surface area contributed by atoms with Gasteiger partial charge in [-0.3, -0.25) is 9.59 Å². The molecule has 30 heavy (non-hydrogen) atoms. The van der Waals surface area contributed by atoms with Crippen molar-refractivity contribution in [3.63, 3.8) is 0 Å². The van der Waals surface area contributed by atoms with Crippen molar-refractivity contribution in [2.24, 2.45) is 16.6 Å². The van der Waals surface area contributed by atoms with Crippen molar-refractivity contribution < 1.29 is 9.59 Å². The molecule has 4 N–H and O–H groups in total. The Balaban J connectivity index is 1.55. The van der Waals surface area contributed by atoms with Crippen LogP contribution < -0.4 is 16.4 Å². The summed E-state index contributed by atoms with van der Waals surface area (Å²) in [6, 6.07) is 0.123. The number of allylic oxidation sites excluding steroid dienone is 4. The number of nitrogens with two attached hydrogens (primary N) is 1. The Hall–Kier alpha value is -3.13. The Kier molecular flexibility index (Phi) is 5.85. The molecule has 158 valence electrons. The van der Waals surface area contributed by atoms with Crippen molar-refractivity contribution in [1.29, 1.82) is 0 Å². The lowest BCUT2D eigenvalue weighted by molar-refractivity contribution is -0.133. The Morgan fingerprint density at radius 2 is 2.20 bits per heavy atom. The third-order valence-electron chi connectivity index (χ3n) is 5.71. The summed E-state index contributed by atoms with van der Waals surface area (Å²) in [4.78, 5) is 33.0. The number of hydrogen-bond acceptors (Lipinski definition) is 6. The standard InChI is InChI=1S/C22H28N6O2/c1-24-17-6-8-25-19(10-17)16-9-20(22(30)26-11-16)28(12-15-4-5-15)18-13-27(14-18)21(29)3-2-7-23/h2-3,6,8-11,15,18,24-25H,4-5,7,12-14,23H2,1H3. The third kappa shape index (κ3) is 4.38. The van der Waals surface area contributed by atoms with Crippen LogP contribution in [0.4, 0.5) is 0 Å². The first-order valence-electron chi connectivity index (χ1n) is 10.4. The highest BCUT2D eigenvalue weighted by atomic mass is 16.2. The Morgan fingerprint density at radius 3 is 2.90 bits per heavy atom. The Morgan fingerprint density at radius 1 is 1.40 bits per heavy atom. The van der Waals surface area contributed by atoms with Crippen molar-refractivity contribution in [2.75, 3.05) is 33.2 Å². The minimum Gasteiger partial charge on any atom is -0.388 e. The lowest BCUT2D eigenvalue weighted by Gasteiger charge is -2.46. The SMILES string of the molecule is CNC1=CC(=C2C=NC(=O)C(N(CC3CC3)C3CN(C(=O)C=CCN)C3)=C2)NC=C1. The molecule has 8 heteroatoms. The van der Waals surface area contributed by atoms with Crippen molar-refractivity contribution in [3.8, 4) is 0 Å². The molecule has 4 aliphatic rings. The van der Waals surface area contributed by atoms with E-state index >= 15 is 0 Å². The molecule has 0 aromatic rings. The molecule has 1 saturated carbocycles. The normalized spacial score (nSPS) is 23.8. The van der Waals surface area contributed by atoms with Gasteiger partial charge >= 0.3 is 0 Å². The highest BCUT2D eigenvalue weighted by molar-refractivity contribution is 6.06. The fourth-order valence-corrected chi connectivity index (χ4v) is 3.71. The Labute approximate surface area is 176 Å². The van der Waals surface area contributed by atoms with E-state index in [0.29, 0.717) is 31.2 Å². The van der Waals surface area contributed by atoms with E-state index in [1.807, 2.05) is 31.5 Å². The fraction of sp³-hybridized carbons (Fsp3) is 0.409. The molecule has 3 heterocycles. The average Bonchev–Trinajstić information content (AvgIpc) is 3.55. The maximum atomic E-state index is 12.7. The van der Waals surface area contributed by atoms with Crippen LogP contribution in [-0.4, -0.2) is 67.1 Å². The molecule has 0 aromatic carbocycles. The van der Waals surface area contributed by atoms with Crippen molar-refractivity contribution in [1.82, 2.24) is 20.4 Å². The van der Waals surface area contributed by atoms with Crippen LogP contribution >= 0.6 is 0 Å². The van der Waals surface area contributed by atoms with Crippen LogP contribution in [0.2, 0.25) is 0 Å². The van der Waals surface area contributed by atoms with Gasteiger partial charge in [0.2, 0.25) is 5.91 Å². The monoisotopic (exact) mass is 408 g/mol. The van der Waals surface area contributed by atoms with E-state index in [1.165, 1.54) is 18.9 Å². The molecule has 0 radical (unpaired) electrons. The maximum Gasteiger partial charge on any atom is 0.293 e. The highest BCUT2D eigenvalue weighted by Gasteiger charge is 2.39. The van der Waals surface area contributed by atoms with E-state index in [0.717, 1.165) is 23.5 Å². The molecule has 1 aliphatic carbocycles. The van der Waals surface area contributed by atoms with E-state index in [9.17, 15) is 9.59 Å². The molecule has 3 aliphatic heterocycles. The summed E-state index contributed by atoms with van der Waals surface area (Å²) in [5, 5.41) is 6.35. The minimum absolute atomic E-state index is 0.0317. The maximum absolute atomic E-state index is 12.7. The van der Waals surface area contributed by atoms with E-state index in [2.05, 4.69) is 20.5 Å². The quantitative estimate of drug-likeness (QED) is 0.527. The van der Waals surface area contributed by atoms with Gasteiger partial charge in [-0.05, 0) is 37.0 Å². The van der Waals surface area contributed by atoms with Crippen molar-refractivity contribution in [2.45, 2.75) is 18.9 Å². The summed E-state index contributed by atoms with van der Waals surface area (Å²) in [5.74, 6) is 0.349. The largest absolute Gasteiger partial charge is 0.388 e. The minimum atomic E-state index is -0.225. The predicted molar refractivity (Wildman–Crippen MR) is 116 cm³/mol. The summed E-state index contributed by atoms with van der Waals surface area (Å²) in [6.45, 7) is 2.38. The lowest BCUT2D eigenvalue weighted by atomic mass is 10.0. The van der Waals surface area contributed by atoms with Crippen LogP contribution in [-0.2, 0) is 9.59 Å². The first-order chi connectivity index (χ1) is 14.6. The van der Waals surface area contributed by atoms with Crippen molar-refractivity contribution in [3.05, 3.63) is 59.2 Å². The number of hydrogen-bond donors (Lipinski definition) is 3. The molecule has 0 bridgehead atoms. The van der Waals surface area contributed by atoms with Crippen LogP contribution in [0.1, 0.15) is 12.8 Å². The number of carbonyl (C=O) groups is 2. The average molecular weight is 409 g/mol. The van der Waals surface area contributed by atoms with E-state index in [-0.39, 0.29) is 17.9 Å². The van der Waals surface area contributed by atoms with Crippen LogP contribution in [0, 0.1) is 5.92 Å². The summed E-state index contributed by atoms with van der Waals surface area (Å²) < 4.78 is 0. The molecular formula is C22H28N6O2. The summed E-state index contributed by atoms with van der Waals surface area (Å²) in [7, 11) is 1.87. The zero-order valence-electron chi connectivity index (χ0n) is 17.2. The van der Waals surface area contributed by atoms with Gasteiger partial charge < -0.3 is 26.2 Å². The van der Waals surface area contributed by atoms with Crippen LogP contribution in [0.15, 0.2) is 64.2 Å². The van der Waals surface area contributed by atoms with E-state index in [4.69, 9.17) is 5.73 Å². The van der Waals surface area contributed by atoms with Crippen LogP contribution in [0.25, 0.3) is 0 Å². The summed E-state index contributed by atoms with van der Waals surface area (Å²) in [5.41, 5.74) is 8.77. The zero-order valence-corrected chi connectivity index (χ0v) is 17.2. The molecule has 0 unspecified atom stereocenters. The van der Waals surface area contributed by atoms with Gasteiger partial charge in [0.1, 0.15) is 5.70 Å². The van der Waals surface area contributed by atoms with Gasteiger partial charge in [-0.1, -0.05) is 6.08 Å². The van der Waals surface area contributed by atoms with Crippen LogP contribution in [0.3, 0.4) is 0 Å². The third-order valence-corrected chi connectivity index (χ3v) is 5.71. The van der Waals surface area contributed by atoms with Gasteiger partial charge in [0.25, 0.3) is 5.91 Å². The highest BCUT2D eigenvalue weighted by Crippen LogP contribution is 2.34. The number of nitrogens with one attached hydrogen (secondary N) is 2. The predicted octanol–water partition coefficient (Wildman–Crippen LogP) is 0.393. The summed E-state index contributed by atoms with van der Waals surface area (Å²) in [6.07, 6.45) is 14.9. The number of aliphatic imine (C=N–C) groups is 1. The molecule has 0 spiro atoms. The molecule has 0 atom stereocenters. The molecule has 0 aromatic heterocycles. The van der Waals surface area contributed by atoms with Crippen LogP contribution in [0.5, 0.6) is 0 Å². The molecular weight excluding hydrogens is 380 g/mol. The molecule has 2 amide bonds. The lowest BCUT2D eigenvalue weighted by Crippen LogP contribution is -2.61. The second-order valence-electron chi connectivity index (χ2n) is 7.92. The first kappa shape index (κ1) is 20.2. The second-order valence-corrected chi connectivity index (χ2v) is 7.92. The van der Waals surface area contributed by atoms with E-state index in [1.54, 1.807) is 17.2 Å². The van der Waals surface area contributed by atoms with Gasteiger partial charge in [0.05, 0.1) is 6.04 Å². The molecule has 1 saturated heterocycles. The summed E-state index contributed by atoms with van der Waals surface area (Å²) >= 11 is 0. The van der Waals surface area contributed by atoms with Gasteiger partial charge in [-0.25, -0.2) is 4.99 Å². The zero-order chi connectivity index (χ0) is 21.1. The van der Waals surface area contributed by atoms with E-state index < -0.39 is 0 Å². The first-order valence-corrected chi connectivity index (χ1v) is 10.4. The van der Waals surface area contributed by atoms with Gasteiger partial charge in [-0.15, -0.1) is 0 Å². The van der Waals surface area contributed by atoms with Gasteiger partial charge in [0.15, 0.2) is 0 Å². The molecule has 2 fully saturated rings. The molecule has 8 nitrogen and oxygen atoms in total. The van der Waals surface area contributed by atoms with Gasteiger partial charge in [-0.2, -0.15) is 0 Å². The number of likely N-dealkylation sites (tertiary alicyclic amines) is 1. The van der Waals surface area contributed by atoms with Crippen molar-refractivity contribution >= 4 is 18.0 Å². The Bertz CT molecular complexity index is 901. The molecule has 4 rings (SSSR count). The second kappa shape index (κ2) is 8.71. The van der Waals surface area contributed by atoms with Gasteiger partial charge in [0, 0.05) is 68.7 Å².